The third-order valence-corrected chi connectivity index (χ3v) is 4.58. The number of nitrogens with one attached hydrogen (secondary N) is 1. The summed E-state index contributed by atoms with van der Waals surface area (Å²) in [5.74, 6) is -0.835. The normalized spacial score (nSPS) is 15.5. The van der Waals surface area contributed by atoms with Gasteiger partial charge in [0.2, 0.25) is 0 Å². The molecular formula is C17H18BrFN2O3. The molecule has 2 aromatic rings. The molecule has 1 aliphatic heterocycles. The van der Waals surface area contributed by atoms with E-state index in [-0.39, 0.29) is 12.6 Å². The molecule has 0 unspecified atom stereocenters. The fourth-order valence-electron chi connectivity index (χ4n) is 2.75. The zero-order valence-electron chi connectivity index (χ0n) is 13.3. The molecule has 0 saturated carbocycles. The lowest BCUT2D eigenvalue weighted by Crippen LogP contribution is -2.29. The van der Waals surface area contributed by atoms with E-state index in [1.165, 1.54) is 12.3 Å². The van der Waals surface area contributed by atoms with Crippen molar-refractivity contribution in [2.75, 3.05) is 25.1 Å². The molecule has 1 N–H and O–H groups in total. The van der Waals surface area contributed by atoms with Crippen LogP contribution in [-0.4, -0.2) is 36.8 Å². The van der Waals surface area contributed by atoms with E-state index < -0.39 is 11.8 Å². The second kappa shape index (κ2) is 7.44. The van der Waals surface area contributed by atoms with Gasteiger partial charge in [-0.2, -0.15) is 0 Å². The topological polar surface area (TPSA) is 60.5 Å². The molecule has 2 heterocycles. The van der Waals surface area contributed by atoms with Crippen molar-refractivity contribution in [1.82, 2.24) is 4.98 Å². The summed E-state index contributed by atoms with van der Waals surface area (Å²) < 4.78 is 24.6. The van der Waals surface area contributed by atoms with Crippen LogP contribution >= 0.6 is 15.9 Å². The number of anilines is 1. The zero-order chi connectivity index (χ0) is 17.1. The van der Waals surface area contributed by atoms with Crippen LogP contribution in [0.4, 0.5) is 10.1 Å². The molecule has 1 aliphatic rings. The van der Waals surface area contributed by atoms with Crippen LogP contribution in [0.2, 0.25) is 0 Å². The number of benzene rings is 1. The van der Waals surface area contributed by atoms with Gasteiger partial charge in [-0.1, -0.05) is 0 Å². The number of nitrogens with zero attached hydrogens (tertiary/aromatic N) is 1. The quantitative estimate of drug-likeness (QED) is 0.793. The highest BCUT2D eigenvalue weighted by Crippen LogP contribution is 2.32. The molecule has 5 nitrogen and oxygen atoms in total. The maximum Gasteiger partial charge on any atom is 0.341 e. The number of esters is 1. The van der Waals surface area contributed by atoms with Gasteiger partial charge in [-0.3, -0.25) is 4.98 Å². The molecule has 1 saturated heterocycles. The standard InChI is InChI=1S/C17H18BrFN2O3/c1-2-24-17(22)12-9-20-15-8-14(19)13(18)7-11(15)16(12)21-10-3-5-23-6-4-10/h7-10H,2-6H2,1H3,(H,20,21). The van der Waals surface area contributed by atoms with Gasteiger partial charge < -0.3 is 14.8 Å². The predicted octanol–water partition coefficient (Wildman–Crippen LogP) is 3.90. The molecule has 128 valence electrons. The first-order valence-electron chi connectivity index (χ1n) is 7.89. The Labute approximate surface area is 147 Å². The summed E-state index contributed by atoms with van der Waals surface area (Å²) in [4.78, 5) is 16.5. The Morgan fingerprint density at radius 3 is 2.92 bits per heavy atom. The van der Waals surface area contributed by atoms with Gasteiger partial charge in [-0.15, -0.1) is 0 Å². The van der Waals surface area contributed by atoms with Crippen LogP contribution in [0.1, 0.15) is 30.1 Å². The SMILES string of the molecule is CCOC(=O)c1cnc2cc(F)c(Br)cc2c1NC1CCOCC1. The molecule has 7 heteroatoms. The van der Waals surface area contributed by atoms with Gasteiger partial charge >= 0.3 is 5.97 Å². The van der Waals surface area contributed by atoms with Crippen molar-refractivity contribution in [2.24, 2.45) is 0 Å². The Bertz CT molecular complexity index is 763. The summed E-state index contributed by atoms with van der Waals surface area (Å²) in [5.41, 5.74) is 1.47. The lowest BCUT2D eigenvalue weighted by Gasteiger charge is -2.26. The summed E-state index contributed by atoms with van der Waals surface area (Å²) in [5, 5.41) is 4.10. The second-order valence-corrected chi connectivity index (χ2v) is 6.44. The van der Waals surface area contributed by atoms with E-state index >= 15 is 0 Å². The van der Waals surface area contributed by atoms with Crippen molar-refractivity contribution in [2.45, 2.75) is 25.8 Å². The molecule has 0 radical (unpaired) electrons. The summed E-state index contributed by atoms with van der Waals surface area (Å²) in [7, 11) is 0. The van der Waals surface area contributed by atoms with Crippen LogP contribution < -0.4 is 5.32 Å². The van der Waals surface area contributed by atoms with Gasteiger partial charge in [-0.05, 0) is 41.8 Å². The Hall–Kier alpha value is -1.73. The van der Waals surface area contributed by atoms with Gasteiger partial charge in [0.1, 0.15) is 11.4 Å². The Morgan fingerprint density at radius 2 is 2.21 bits per heavy atom. The molecule has 24 heavy (non-hydrogen) atoms. The van der Waals surface area contributed by atoms with Crippen molar-refractivity contribution in [1.29, 1.82) is 0 Å². The lowest BCUT2D eigenvalue weighted by atomic mass is 10.0. The minimum atomic E-state index is -0.443. The lowest BCUT2D eigenvalue weighted by molar-refractivity contribution is 0.0527. The number of hydrogen-bond donors (Lipinski definition) is 1. The number of ether oxygens (including phenoxy) is 2. The molecule has 1 aromatic heterocycles. The van der Waals surface area contributed by atoms with E-state index in [0.717, 1.165) is 12.8 Å². The monoisotopic (exact) mass is 396 g/mol. The number of hydrogen-bond acceptors (Lipinski definition) is 5. The average molecular weight is 397 g/mol. The zero-order valence-corrected chi connectivity index (χ0v) is 14.9. The largest absolute Gasteiger partial charge is 0.462 e. The van der Waals surface area contributed by atoms with Gasteiger partial charge in [-0.25, -0.2) is 9.18 Å². The van der Waals surface area contributed by atoms with Crippen LogP contribution in [-0.2, 0) is 9.47 Å². The predicted molar refractivity (Wildman–Crippen MR) is 92.8 cm³/mol. The van der Waals surface area contributed by atoms with Crippen LogP contribution in [0, 0.1) is 5.82 Å². The average Bonchev–Trinajstić information content (AvgIpc) is 2.58. The number of rotatable bonds is 4. The van der Waals surface area contributed by atoms with Crippen molar-refractivity contribution in [3.8, 4) is 0 Å². The molecule has 0 spiro atoms. The summed E-state index contributed by atoms with van der Waals surface area (Å²) in [6.07, 6.45) is 3.12. The maximum absolute atomic E-state index is 13.8. The molecule has 0 bridgehead atoms. The van der Waals surface area contributed by atoms with Crippen molar-refractivity contribution in [3.63, 3.8) is 0 Å². The van der Waals surface area contributed by atoms with Crippen LogP contribution in [0.3, 0.4) is 0 Å². The third-order valence-electron chi connectivity index (χ3n) is 3.98. The maximum atomic E-state index is 13.8. The first kappa shape index (κ1) is 17.1. The Morgan fingerprint density at radius 1 is 1.46 bits per heavy atom. The van der Waals surface area contributed by atoms with Gasteiger partial charge in [0.05, 0.1) is 22.3 Å². The van der Waals surface area contributed by atoms with Crippen LogP contribution in [0.5, 0.6) is 0 Å². The molecule has 1 fully saturated rings. The fraction of sp³-hybridized carbons (Fsp3) is 0.412. The summed E-state index contributed by atoms with van der Waals surface area (Å²) in [6.45, 7) is 3.38. The van der Waals surface area contributed by atoms with E-state index in [9.17, 15) is 9.18 Å². The summed E-state index contributed by atoms with van der Waals surface area (Å²) in [6, 6.07) is 3.17. The first-order valence-corrected chi connectivity index (χ1v) is 8.68. The number of aromatic nitrogens is 1. The highest BCUT2D eigenvalue weighted by molar-refractivity contribution is 9.10. The smallest absolute Gasteiger partial charge is 0.341 e. The van der Waals surface area contributed by atoms with Crippen LogP contribution in [0.15, 0.2) is 22.8 Å². The third kappa shape index (κ3) is 3.52. The minimum Gasteiger partial charge on any atom is -0.462 e. The number of carbonyl (C=O) groups is 1. The first-order chi connectivity index (χ1) is 11.6. The Kier molecular flexibility index (Phi) is 5.30. The summed E-state index contributed by atoms with van der Waals surface area (Å²) >= 11 is 3.20. The highest BCUT2D eigenvalue weighted by Gasteiger charge is 2.21. The van der Waals surface area contributed by atoms with Crippen molar-refractivity contribution < 1.29 is 18.7 Å². The minimum absolute atomic E-state index is 0.182. The van der Waals surface area contributed by atoms with E-state index in [2.05, 4.69) is 26.2 Å². The van der Waals surface area contributed by atoms with E-state index in [1.54, 1.807) is 13.0 Å². The van der Waals surface area contributed by atoms with Crippen LogP contribution in [0.25, 0.3) is 10.9 Å². The Balaban J connectivity index is 2.09. The van der Waals surface area contributed by atoms with E-state index in [0.29, 0.717) is 39.8 Å². The molecule has 0 amide bonds. The number of pyridine rings is 1. The molecular weight excluding hydrogens is 379 g/mol. The molecule has 3 rings (SSSR count). The number of fused-ring (bicyclic) bond motifs is 1. The van der Waals surface area contributed by atoms with Gasteiger partial charge in [0, 0.05) is 36.9 Å². The second-order valence-electron chi connectivity index (χ2n) is 5.58. The van der Waals surface area contributed by atoms with E-state index in [4.69, 9.17) is 9.47 Å². The van der Waals surface area contributed by atoms with E-state index in [1.807, 2.05) is 0 Å². The van der Waals surface area contributed by atoms with Gasteiger partial charge in [0.15, 0.2) is 0 Å². The van der Waals surface area contributed by atoms with Crippen molar-refractivity contribution in [3.05, 3.63) is 34.2 Å². The highest BCUT2D eigenvalue weighted by atomic mass is 79.9. The number of carbonyl (C=O) groups excluding carboxylic acids is 1. The number of halogens is 2. The van der Waals surface area contributed by atoms with Gasteiger partial charge in [0.25, 0.3) is 0 Å². The fourth-order valence-corrected chi connectivity index (χ4v) is 3.10. The molecule has 1 aromatic carbocycles. The molecule has 0 aliphatic carbocycles. The molecule has 0 atom stereocenters. The van der Waals surface area contributed by atoms with Crippen molar-refractivity contribution >= 4 is 38.5 Å².